The molecule has 0 aliphatic rings. The predicted octanol–water partition coefficient (Wildman–Crippen LogP) is 4.21. The van der Waals surface area contributed by atoms with Gasteiger partial charge < -0.3 is 10.1 Å². The zero-order valence-electron chi connectivity index (χ0n) is 16.5. The second kappa shape index (κ2) is 9.40. The second-order valence-corrected chi connectivity index (χ2v) is 7.34. The molecule has 1 amide bonds. The largest absolute Gasteiger partial charge is 0.497 e. The van der Waals surface area contributed by atoms with Gasteiger partial charge in [0, 0.05) is 11.9 Å². The Hall–Kier alpha value is -3.72. The van der Waals surface area contributed by atoms with Gasteiger partial charge in [0.05, 0.1) is 18.6 Å². The molecule has 0 saturated carbocycles. The molecule has 4 aromatic rings. The third-order valence-corrected chi connectivity index (χ3v) is 5.23. The van der Waals surface area contributed by atoms with Crippen molar-refractivity contribution in [3.63, 3.8) is 0 Å². The van der Waals surface area contributed by atoms with Crippen molar-refractivity contribution < 1.29 is 13.9 Å². The quantitative estimate of drug-likeness (QED) is 0.438. The summed E-state index contributed by atoms with van der Waals surface area (Å²) in [5.74, 6) is 0.662. The van der Waals surface area contributed by atoms with Gasteiger partial charge in [-0.05, 0) is 54.6 Å². The number of ether oxygens (including phenoxy) is 1. The van der Waals surface area contributed by atoms with Crippen LogP contribution in [0.4, 0.5) is 10.1 Å². The van der Waals surface area contributed by atoms with Gasteiger partial charge in [-0.2, -0.15) is 0 Å². The van der Waals surface area contributed by atoms with Crippen molar-refractivity contribution in [2.45, 2.75) is 5.16 Å². The number of hydrogen-bond acceptors (Lipinski definition) is 6. The standard InChI is InChI=1S/C22H18FN5O2S/c1-30-18-10-8-17(9-11-18)28-21(19-7-2-3-12-24-19)26-27-22(28)31-14-20(29)25-16-6-4-5-15(23)13-16/h2-13H,14H2,1H3,(H,25,29). The summed E-state index contributed by atoms with van der Waals surface area (Å²) in [4.78, 5) is 16.7. The maximum Gasteiger partial charge on any atom is 0.234 e. The van der Waals surface area contributed by atoms with Crippen molar-refractivity contribution in [1.29, 1.82) is 0 Å². The molecule has 0 radical (unpaired) electrons. The topological polar surface area (TPSA) is 81.9 Å². The molecule has 2 aromatic carbocycles. The van der Waals surface area contributed by atoms with Gasteiger partial charge in [-0.25, -0.2) is 4.39 Å². The molecule has 1 N–H and O–H groups in total. The number of hydrogen-bond donors (Lipinski definition) is 1. The summed E-state index contributed by atoms with van der Waals surface area (Å²) in [7, 11) is 1.60. The van der Waals surface area contributed by atoms with Crippen molar-refractivity contribution >= 4 is 23.4 Å². The smallest absolute Gasteiger partial charge is 0.234 e. The van der Waals surface area contributed by atoms with E-state index >= 15 is 0 Å². The number of methoxy groups -OCH3 is 1. The highest BCUT2D eigenvalue weighted by Crippen LogP contribution is 2.28. The Morgan fingerprint density at radius 1 is 1.10 bits per heavy atom. The molecule has 7 nitrogen and oxygen atoms in total. The van der Waals surface area contributed by atoms with Crippen LogP contribution in [0.5, 0.6) is 5.75 Å². The monoisotopic (exact) mass is 435 g/mol. The molecule has 0 saturated heterocycles. The van der Waals surface area contributed by atoms with Crippen LogP contribution in [0.1, 0.15) is 0 Å². The number of halogens is 1. The first-order valence-corrected chi connectivity index (χ1v) is 10.3. The second-order valence-electron chi connectivity index (χ2n) is 6.40. The van der Waals surface area contributed by atoms with Crippen LogP contribution in [-0.4, -0.2) is 38.5 Å². The number of carbonyl (C=O) groups is 1. The Labute approximate surface area is 182 Å². The summed E-state index contributed by atoms with van der Waals surface area (Å²) in [6.45, 7) is 0. The van der Waals surface area contributed by atoms with Crippen LogP contribution in [0.15, 0.2) is 78.1 Å². The first kappa shape index (κ1) is 20.5. The Balaban J connectivity index is 1.59. The van der Waals surface area contributed by atoms with E-state index in [2.05, 4.69) is 20.5 Å². The average Bonchev–Trinajstić information content (AvgIpc) is 3.22. The van der Waals surface area contributed by atoms with Gasteiger partial charge in [0.15, 0.2) is 11.0 Å². The SMILES string of the molecule is COc1ccc(-n2c(SCC(=O)Nc3cccc(F)c3)nnc2-c2ccccn2)cc1. The summed E-state index contributed by atoms with van der Waals surface area (Å²) >= 11 is 1.22. The number of carbonyl (C=O) groups excluding carboxylic acids is 1. The summed E-state index contributed by atoms with van der Waals surface area (Å²) in [5, 5.41) is 11.8. The van der Waals surface area contributed by atoms with Crippen LogP contribution in [0.2, 0.25) is 0 Å². The van der Waals surface area contributed by atoms with Crippen LogP contribution >= 0.6 is 11.8 Å². The number of nitrogens with zero attached hydrogens (tertiary/aromatic N) is 4. The number of rotatable bonds is 7. The molecular weight excluding hydrogens is 417 g/mol. The first-order valence-electron chi connectivity index (χ1n) is 9.33. The fraction of sp³-hybridized carbons (Fsp3) is 0.0909. The Bertz CT molecular complexity index is 1180. The highest BCUT2D eigenvalue weighted by molar-refractivity contribution is 7.99. The lowest BCUT2D eigenvalue weighted by molar-refractivity contribution is -0.113. The zero-order valence-corrected chi connectivity index (χ0v) is 17.3. The number of benzene rings is 2. The van der Waals surface area contributed by atoms with Crippen molar-refractivity contribution in [2.24, 2.45) is 0 Å². The number of nitrogens with one attached hydrogen (secondary N) is 1. The van der Waals surface area contributed by atoms with E-state index in [1.807, 2.05) is 47.0 Å². The molecule has 9 heteroatoms. The molecule has 0 fully saturated rings. The maximum atomic E-state index is 13.3. The molecule has 0 aliphatic heterocycles. The van der Waals surface area contributed by atoms with E-state index < -0.39 is 5.82 Å². The number of aromatic nitrogens is 4. The first-order chi connectivity index (χ1) is 15.1. The molecule has 0 atom stereocenters. The van der Waals surface area contributed by atoms with Crippen molar-refractivity contribution in [3.8, 4) is 23.0 Å². The van der Waals surface area contributed by atoms with Crippen molar-refractivity contribution in [1.82, 2.24) is 19.7 Å². The lowest BCUT2D eigenvalue weighted by Crippen LogP contribution is -2.14. The van der Waals surface area contributed by atoms with E-state index in [0.29, 0.717) is 22.4 Å². The Morgan fingerprint density at radius 3 is 2.65 bits per heavy atom. The van der Waals surface area contributed by atoms with Gasteiger partial charge in [0.1, 0.15) is 17.3 Å². The van der Waals surface area contributed by atoms with Gasteiger partial charge in [0.25, 0.3) is 0 Å². The molecular formula is C22H18FN5O2S. The van der Waals surface area contributed by atoms with Crippen LogP contribution in [0, 0.1) is 5.82 Å². The van der Waals surface area contributed by atoms with Gasteiger partial charge >= 0.3 is 0 Å². The average molecular weight is 435 g/mol. The molecule has 0 unspecified atom stereocenters. The molecule has 2 aromatic heterocycles. The molecule has 31 heavy (non-hydrogen) atoms. The van der Waals surface area contributed by atoms with Crippen LogP contribution in [0.25, 0.3) is 17.2 Å². The normalized spacial score (nSPS) is 10.6. The molecule has 0 aliphatic carbocycles. The molecule has 4 rings (SSSR count). The van der Waals surface area contributed by atoms with E-state index in [-0.39, 0.29) is 11.7 Å². The number of amides is 1. The predicted molar refractivity (Wildman–Crippen MR) is 117 cm³/mol. The molecule has 0 spiro atoms. The third kappa shape index (κ3) is 4.89. The molecule has 0 bridgehead atoms. The minimum Gasteiger partial charge on any atom is -0.497 e. The zero-order chi connectivity index (χ0) is 21.6. The molecule has 156 valence electrons. The van der Waals surface area contributed by atoms with Gasteiger partial charge in [0.2, 0.25) is 5.91 Å². The number of thioether (sulfide) groups is 1. The number of anilines is 1. The summed E-state index contributed by atoms with van der Waals surface area (Å²) in [6, 6.07) is 18.7. The Kier molecular flexibility index (Phi) is 6.23. The lowest BCUT2D eigenvalue weighted by Gasteiger charge is -2.11. The third-order valence-electron chi connectivity index (χ3n) is 4.30. The highest BCUT2D eigenvalue weighted by Gasteiger charge is 2.18. The van der Waals surface area contributed by atoms with E-state index in [1.54, 1.807) is 19.4 Å². The fourth-order valence-electron chi connectivity index (χ4n) is 2.88. The summed E-state index contributed by atoms with van der Waals surface area (Å²) in [5.41, 5.74) is 1.86. The minimum atomic E-state index is -0.412. The van der Waals surface area contributed by atoms with E-state index in [4.69, 9.17) is 4.74 Å². The van der Waals surface area contributed by atoms with Gasteiger partial charge in [-0.3, -0.25) is 14.3 Å². The maximum absolute atomic E-state index is 13.3. The van der Waals surface area contributed by atoms with E-state index in [1.165, 1.54) is 30.0 Å². The molecule has 2 heterocycles. The van der Waals surface area contributed by atoms with E-state index in [9.17, 15) is 9.18 Å². The van der Waals surface area contributed by atoms with Crippen molar-refractivity contribution in [2.75, 3.05) is 18.2 Å². The van der Waals surface area contributed by atoms with Crippen molar-refractivity contribution in [3.05, 3.63) is 78.7 Å². The summed E-state index contributed by atoms with van der Waals surface area (Å²) < 4.78 is 20.4. The van der Waals surface area contributed by atoms with E-state index in [0.717, 1.165) is 11.4 Å². The lowest BCUT2D eigenvalue weighted by atomic mass is 10.3. The fourth-order valence-corrected chi connectivity index (χ4v) is 3.63. The minimum absolute atomic E-state index is 0.0764. The Morgan fingerprint density at radius 2 is 1.94 bits per heavy atom. The van der Waals surface area contributed by atoms with Gasteiger partial charge in [-0.15, -0.1) is 10.2 Å². The summed E-state index contributed by atoms with van der Waals surface area (Å²) in [6.07, 6.45) is 1.68. The highest BCUT2D eigenvalue weighted by atomic mass is 32.2. The van der Waals surface area contributed by atoms with Gasteiger partial charge in [-0.1, -0.05) is 23.9 Å². The van der Waals surface area contributed by atoms with Crippen LogP contribution < -0.4 is 10.1 Å². The number of pyridine rings is 1. The van der Waals surface area contributed by atoms with Crippen LogP contribution in [-0.2, 0) is 4.79 Å². The van der Waals surface area contributed by atoms with Crippen LogP contribution in [0.3, 0.4) is 0 Å².